The average molecular weight is 316 g/mol. The number of benzene rings is 1. The molecule has 1 aromatic rings. The third-order valence-corrected chi connectivity index (χ3v) is 3.58. The summed E-state index contributed by atoms with van der Waals surface area (Å²) in [4.78, 5) is 13.5. The second kappa shape index (κ2) is 7.00. The zero-order valence-electron chi connectivity index (χ0n) is 12.4. The summed E-state index contributed by atoms with van der Waals surface area (Å²) in [5, 5.41) is 3.10. The minimum Gasteiger partial charge on any atom is -0.483 e. The summed E-state index contributed by atoms with van der Waals surface area (Å²) in [5.74, 6) is -0.595. The number of piperazine rings is 1. The van der Waals surface area contributed by atoms with E-state index in [2.05, 4.69) is 5.32 Å². The first-order valence-corrected chi connectivity index (χ1v) is 7.23. The number of nitrogens with one attached hydrogen (secondary N) is 1. The molecule has 1 aromatic carbocycles. The molecule has 2 rings (SSSR count). The average Bonchev–Trinajstić information content (AvgIpc) is 2.52. The van der Waals surface area contributed by atoms with Gasteiger partial charge in [-0.3, -0.25) is 4.79 Å². The molecule has 1 aliphatic heterocycles. The lowest BCUT2D eigenvalue weighted by atomic mass is 10.1. The van der Waals surface area contributed by atoms with Crippen molar-refractivity contribution in [3.63, 3.8) is 0 Å². The van der Waals surface area contributed by atoms with Gasteiger partial charge >= 0.3 is 6.18 Å². The highest BCUT2D eigenvalue weighted by molar-refractivity contribution is 5.78. The standard InChI is InChI=1S/C15H19F3N2O2/c1-2-11-3-4-13(12(9-11)15(16,17)18)22-10-14(21)20-7-5-19-6-8-20/h3-4,9,19H,2,5-8,10H2,1H3. The maximum atomic E-state index is 13.1. The van der Waals surface area contributed by atoms with E-state index in [0.717, 1.165) is 6.07 Å². The van der Waals surface area contributed by atoms with E-state index < -0.39 is 11.7 Å². The van der Waals surface area contributed by atoms with Gasteiger partial charge in [0.05, 0.1) is 5.56 Å². The van der Waals surface area contributed by atoms with Crippen molar-refractivity contribution in [2.24, 2.45) is 0 Å². The second-order valence-electron chi connectivity index (χ2n) is 5.10. The van der Waals surface area contributed by atoms with Crippen molar-refractivity contribution < 1.29 is 22.7 Å². The fraction of sp³-hybridized carbons (Fsp3) is 0.533. The van der Waals surface area contributed by atoms with E-state index >= 15 is 0 Å². The number of nitrogens with zero attached hydrogens (tertiary/aromatic N) is 1. The van der Waals surface area contributed by atoms with Crippen LogP contribution in [0.15, 0.2) is 18.2 Å². The lowest BCUT2D eigenvalue weighted by Crippen LogP contribution is -2.48. The highest BCUT2D eigenvalue weighted by Gasteiger charge is 2.34. The summed E-state index contributed by atoms with van der Waals surface area (Å²) in [6.07, 6.45) is -4.00. The van der Waals surface area contributed by atoms with E-state index in [9.17, 15) is 18.0 Å². The first-order valence-electron chi connectivity index (χ1n) is 7.23. The SMILES string of the molecule is CCc1ccc(OCC(=O)N2CCNCC2)c(C(F)(F)F)c1. The van der Waals surface area contributed by atoms with Crippen molar-refractivity contribution in [3.8, 4) is 5.75 Å². The van der Waals surface area contributed by atoms with Gasteiger partial charge in [0, 0.05) is 26.2 Å². The molecular weight excluding hydrogens is 297 g/mol. The molecule has 4 nitrogen and oxygen atoms in total. The van der Waals surface area contributed by atoms with Gasteiger partial charge in [0.1, 0.15) is 5.75 Å². The second-order valence-corrected chi connectivity index (χ2v) is 5.10. The van der Waals surface area contributed by atoms with Gasteiger partial charge in [-0.25, -0.2) is 0 Å². The van der Waals surface area contributed by atoms with Gasteiger partial charge < -0.3 is 15.0 Å². The third-order valence-electron chi connectivity index (χ3n) is 3.58. The van der Waals surface area contributed by atoms with Crippen molar-refractivity contribution in [1.82, 2.24) is 10.2 Å². The number of rotatable bonds is 4. The van der Waals surface area contributed by atoms with Crippen LogP contribution >= 0.6 is 0 Å². The van der Waals surface area contributed by atoms with Crippen LogP contribution in [0.25, 0.3) is 0 Å². The zero-order valence-corrected chi connectivity index (χ0v) is 12.4. The van der Waals surface area contributed by atoms with Crippen LogP contribution < -0.4 is 10.1 Å². The van der Waals surface area contributed by atoms with Crippen LogP contribution in [0.5, 0.6) is 5.75 Å². The predicted octanol–water partition coefficient (Wildman–Crippen LogP) is 2.08. The van der Waals surface area contributed by atoms with Gasteiger partial charge in [-0.1, -0.05) is 13.0 Å². The van der Waals surface area contributed by atoms with Crippen LogP contribution in [0.2, 0.25) is 0 Å². The van der Waals surface area contributed by atoms with Crippen molar-refractivity contribution in [1.29, 1.82) is 0 Å². The number of carbonyl (C=O) groups is 1. The van der Waals surface area contributed by atoms with E-state index in [-0.39, 0.29) is 18.3 Å². The predicted molar refractivity (Wildman–Crippen MR) is 75.8 cm³/mol. The molecule has 0 spiro atoms. The van der Waals surface area contributed by atoms with Crippen molar-refractivity contribution >= 4 is 5.91 Å². The highest BCUT2D eigenvalue weighted by atomic mass is 19.4. The van der Waals surface area contributed by atoms with Gasteiger partial charge in [0.25, 0.3) is 5.91 Å². The number of amides is 1. The number of hydrogen-bond acceptors (Lipinski definition) is 3. The molecule has 0 aromatic heterocycles. The molecule has 1 heterocycles. The first kappa shape index (κ1) is 16.6. The molecule has 0 radical (unpaired) electrons. The molecule has 1 amide bonds. The van der Waals surface area contributed by atoms with Crippen LogP contribution in [0.3, 0.4) is 0 Å². The van der Waals surface area contributed by atoms with Crippen LogP contribution in [-0.4, -0.2) is 43.6 Å². The molecule has 1 N–H and O–H groups in total. The van der Waals surface area contributed by atoms with Gasteiger partial charge in [0.2, 0.25) is 0 Å². The smallest absolute Gasteiger partial charge is 0.419 e. The summed E-state index contributed by atoms with van der Waals surface area (Å²) in [5.41, 5.74) is -0.256. The Kier molecular flexibility index (Phi) is 5.28. The maximum absolute atomic E-state index is 13.1. The molecule has 0 unspecified atom stereocenters. The topological polar surface area (TPSA) is 41.6 Å². The Hall–Kier alpha value is -1.76. The van der Waals surface area contributed by atoms with Crippen molar-refractivity contribution in [3.05, 3.63) is 29.3 Å². The summed E-state index contributed by atoms with van der Waals surface area (Å²) in [7, 11) is 0. The molecule has 1 aliphatic rings. The van der Waals surface area contributed by atoms with E-state index in [4.69, 9.17) is 4.74 Å². The number of carbonyl (C=O) groups excluding carboxylic acids is 1. The quantitative estimate of drug-likeness (QED) is 0.925. The van der Waals surface area contributed by atoms with E-state index in [0.29, 0.717) is 38.2 Å². The monoisotopic (exact) mass is 316 g/mol. The Labute approximate surface area is 127 Å². The molecule has 0 atom stereocenters. The molecule has 1 fully saturated rings. The number of ether oxygens (including phenoxy) is 1. The van der Waals surface area contributed by atoms with E-state index in [1.54, 1.807) is 17.9 Å². The van der Waals surface area contributed by atoms with Crippen LogP contribution in [0.4, 0.5) is 13.2 Å². The van der Waals surface area contributed by atoms with Crippen LogP contribution in [-0.2, 0) is 17.4 Å². The molecular formula is C15H19F3N2O2. The Balaban J connectivity index is 2.07. The number of hydrogen-bond donors (Lipinski definition) is 1. The highest BCUT2D eigenvalue weighted by Crippen LogP contribution is 2.37. The number of halogens is 3. The maximum Gasteiger partial charge on any atom is 0.419 e. The Morgan fingerprint density at radius 3 is 2.59 bits per heavy atom. The first-order chi connectivity index (χ1) is 10.4. The third kappa shape index (κ3) is 4.13. The number of aryl methyl sites for hydroxylation is 1. The summed E-state index contributed by atoms with van der Waals surface area (Å²) in [6, 6.07) is 3.94. The van der Waals surface area contributed by atoms with Gasteiger partial charge in [0.15, 0.2) is 6.61 Å². The lowest BCUT2D eigenvalue weighted by molar-refractivity contribution is -0.141. The van der Waals surface area contributed by atoms with Crippen LogP contribution in [0.1, 0.15) is 18.1 Å². The normalized spacial score (nSPS) is 15.7. The van der Waals surface area contributed by atoms with Crippen molar-refractivity contribution in [2.75, 3.05) is 32.8 Å². The minimum absolute atomic E-state index is 0.297. The molecule has 1 saturated heterocycles. The molecule has 7 heteroatoms. The van der Waals surface area contributed by atoms with Crippen LogP contribution in [0, 0.1) is 0 Å². The Morgan fingerprint density at radius 1 is 1.32 bits per heavy atom. The molecule has 0 aliphatic carbocycles. The lowest BCUT2D eigenvalue weighted by Gasteiger charge is -2.27. The van der Waals surface area contributed by atoms with E-state index in [1.807, 2.05) is 0 Å². The number of alkyl halides is 3. The molecule has 122 valence electrons. The molecule has 22 heavy (non-hydrogen) atoms. The van der Waals surface area contributed by atoms with Gasteiger partial charge in [-0.15, -0.1) is 0 Å². The minimum atomic E-state index is -4.50. The summed E-state index contributed by atoms with van der Waals surface area (Å²) >= 11 is 0. The van der Waals surface area contributed by atoms with E-state index in [1.165, 1.54) is 6.07 Å². The largest absolute Gasteiger partial charge is 0.483 e. The van der Waals surface area contributed by atoms with Gasteiger partial charge in [-0.2, -0.15) is 13.2 Å². The molecule has 0 bridgehead atoms. The summed E-state index contributed by atoms with van der Waals surface area (Å²) < 4.78 is 44.3. The molecule has 0 saturated carbocycles. The van der Waals surface area contributed by atoms with Crippen molar-refractivity contribution in [2.45, 2.75) is 19.5 Å². The zero-order chi connectivity index (χ0) is 16.2. The summed E-state index contributed by atoms with van der Waals surface area (Å²) in [6.45, 7) is 3.86. The fourth-order valence-corrected chi connectivity index (χ4v) is 2.29. The fourth-order valence-electron chi connectivity index (χ4n) is 2.29. The van der Waals surface area contributed by atoms with Gasteiger partial charge in [-0.05, 0) is 24.1 Å². The Bertz CT molecular complexity index is 526. The Morgan fingerprint density at radius 2 is 2.00 bits per heavy atom.